The summed E-state index contributed by atoms with van der Waals surface area (Å²) in [5.41, 5.74) is 6.96. The molecule has 4 nitrogen and oxygen atoms in total. The smallest absolute Gasteiger partial charge is 0.307 e. The van der Waals surface area contributed by atoms with E-state index in [1.165, 1.54) is 0 Å². The van der Waals surface area contributed by atoms with Crippen molar-refractivity contribution in [3.8, 4) is 0 Å². The lowest BCUT2D eigenvalue weighted by Gasteiger charge is -2.23. The first kappa shape index (κ1) is 13.2. The first-order valence-electron chi connectivity index (χ1n) is 5.37. The van der Waals surface area contributed by atoms with Crippen LogP contribution in [0.2, 0.25) is 0 Å². The normalized spacial score (nSPS) is 11.2. The van der Waals surface area contributed by atoms with Crippen LogP contribution >= 0.6 is 0 Å². The van der Waals surface area contributed by atoms with Crippen molar-refractivity contribution in [3.05, 3.63) is 34.9 Å². The third-order valence-electron chi connectivity index (χ3n) is 2.54. The van der Waals surface area contributed by atoms with Gasteiger partial charge in [-0.05, 0) is 28.7 Å². The second-order valence-corrected chi connectivity index (χ2v) is 5.06. The van der Waals surface area contributed by atoms with Crippen molar-refractivity contribution in [1.82, 2.24) is 0 Å². The number of carboxylic acid groups (broad SMARTS) is 1. The molecular weight excluding hydrogens is 218 g/mol. The summed E-state index contributed by atoms with van der Waals surface area (Å²) in [5.74, 6) is -1.39. The summed E-state index contributed by atoms with van der Waals surface area (Å²) in [4.78, 5) is 21.9. The summed E-state index contributed by atoms with van der Waals surface area (Å²) in [7, 11) is 0. The maximum Gasteiger partial charge on any atom is 0.307 e. The highest BCUT2D eigenvalue weighted by Gasteiger charge is 2.20. The second-order valence-electron chi connectivity index (χ2n) is 5.06. The van der Waals surface area contributed by atoms with Crippen LogP contribution in [0.3, 0.4) is 0 Å². The predicted molar refractivity (Wildman–Crippen MR) is 65.0 cm³/mol. The number of carboxylic acids is 1. The standard InChI is InChI=1S/C13H17NO3/c1-13(2,3)10-6-9(12(14)17)5-4-8(10)7-11(15)16/h4-6H,7H2,1-3H3,(H2,14,17)(H,15,16). The largest absolute Gasteiger partial charge is 0.481 e. The van der Waals surface area contributed by atoms with Crippen molar-refractivity contribution in [2.45, 2.75) is 32.6 Å². The maximum atomic E-state index is 11.1. The van der Waals surface area contributed by atoms with E-state index in [-0.39, 0.29) is 11.8 Å². The molecular formula is C13H17NO3. The molecule has 17 heavy (non-hydrogen) atoms. The molecule has 0 bridgehead atoms. The van der Waals surface area contributed by atoms with Crippen LogP contribution < -0.4 is 5.73 Å². The molecule has 0 spiro atoms. The van der Waals surface area contributed by atoms with Gasteiger partial charge in [-0.1, -0.05) is 26.8 Å². The highest BCUT2D eigenvalue weighted by molar-refractivity contribution is 5.93. The molecule has 1 amide bonds. The average Bonchev–Trinajstić information content (AvgIpc) is 2.15. The van der Waals surface area contributed by atoms with Crippen LogP contribution in [-0.2, 0) is 16.6 Å². The molecule has 0 saturated heterocycles. The topological polar surface area (TPSA) is 80.4 Å². The van der Waals surface area contributed by atoms with Gasteiger partial charge >= 0.3 is 5.97 Å². The summed E-state index contributed by atoms with van der Waals surface area (Å²) < 4.78 is 0. The first-order valence-corrected chi connectivity index (χ1v) is 5.37. The lowest BCUT2D eigenvalue weighted by molar-refractivity contribution is -0.136. The fourth-order valence-corrected chi connectivity index (χ4v) is 1.74. The molecule has 0 unspecified atom stereocenters. The third kappa shape index (κ3) is 3.31. The van der Waals surface area contributed by atoms with Crippen LogP contribution in [0, 0.1) is 0 Å². The van der Waals surface area contributed by atoms with E-state index >= 15 is 0 Å². The molecule has 1 rings (SSSR count). The second kappa shape index (κ2) is 4.57. The molecule has 0 aliphatic carbocycles. The molecule has 92 valence electrons. The Kier molecular flexibility index (Phi) is 3.56. The number of carbonyl (C=O) groups is 2. The van der Waals surface area contributed by atoms with Crippen LogP contribution in [0.1, 0.15) is 42.3 Å². The highest BCUT2D eigenvalue weighted by Crippen LogP contribution is 2.27. The number of amides is 1. The number of hydrogen-bond acceptors (Lipinski definition) is 2. The van der Waals surface area contributed by atoms with Crippen LogP contribution in [0.15, 0.2) is 18.2 Å². The van der Waals surface area contributed by atoms with Crippen molar-refractivity contribution in [3.63, 3.8) is 0 Å². The highest BCUT2D eigenvalue weighted by atomic mass is 16.4. The molecule has 1 aromatic rings. The Hall–Kier alpha value is -1.84. The number of rotatable bonds is 3. The molecule has 0 heterocycles. The lowest BCUT2D eigenvalue weighted by atomic mass is 9.82. The Balaban J connectivity index is 3.31. The number of nitrogens with two attached hydrogens (primary N) is 1. The molecule has 0 fully saturated rings. The molecule has 4 heteroatoms. The monoisotopic (exact) mass is 235 g/mol. The molecule has 0 aliphatic rings. The van der Waals surface area contributed by atoms with Gasteiger partial charge in [0, 0.05) is 5.56 Å². The van der Waals surface area contributed by atoms with Crippen molar-refractivity contribution in [2.75, 3.05) is 0 Å². The van der Waals surface area contributed by atoms with Crippen LogP contribution in [-0.4, -0.2) is 17.0 Å². The molecule has 3 N–H and O–H groups in total. The fourth-order valence-electron chi connectivity index (χ4n) is 1.74. The quantitative estimate of drug-likeness (QED) is 0.836. The van der Waals surface area contributed by atoms with Gasteiger partial charge < -0.3 is 10.8 Å². The lowest BCUT2D eigenvalue weighted by Crippen LogP contribution is -2.19. The minimum Gasteiger partial charge on any atom is -0.481 e. The van der Waals surface area contributed by atoms with Crippen LogP contribution in [0.25, 0.3) is 0 Å². The van der Waals surface area contributed by atoms with Gasteiger partial charge in [-0.3, -0.25) is 9.59 Å². The fraction of sp³-hybridized carbons (Fsp3) is 0.385. The Morgan fingerprint density at radius 3 is 2.29 bits per heavy atom. The predicted octanol–water partition coefficient (Wildman–Crippen LogP) is 1.71. The van der Waals surface area contributed by atoms with Gasteiger partial charge in [0.05, 0.1) is 6.42 Å². The number of hydrogen-bond donors (Lipinski definition) is 2. The minimum atomic E-state index is -0.887. The summed E-state index contributed by atoms with van der Waals surface area (Å²) in [6.45, 7) is 5.91. The van der Waals surface area contributed by atoms with Crippen molar-refractivity contribution >= 4 is 11.9 Å². The summed E-state index contributed by atoms with van der Waals surface area (Å²) in [6.07, 6.45) is -0.0500. The van der Waals surface area contributed by atoms with Gasteiger partial charge in [-0.2, -0.15) is 0 Å². The maximum absolute atomic E-state index is 11.1. The van der Waals surface area contributed by atoms with Crippen molar-refractivity contribution in [1.29, 1.82) is 0 Å². The van der Waals surface area contributed by atoms with Crippen molar-refractivity contribution < 1.29 is 14.7 Å². The van der Waals surface area contributed by atoms with E-state index in [1.807, 2.05) is 20.8 Å². The van der Waals surface area contributed by atoms with Gasteiger partial charge in [0.15, 0.2) is 0 Å². The molecule has 0 radical (unpaired) electrons. The van der Waals surface area contributed by atoms with E-state index < -0.39 is 11.9 Å². The first-order chi connectivity index (χ1) is 7.71. The van der Waals surface area contributed by atoms with Gasteiger partial charge in [0.25, 0.3) is 0 Å². The number of benzene rings is 1. The van der Waals surface area contributed by atoms with E-state index in [9.17, 15) is 9.59 Å². The van der Waals surface area contributed by atoms with Gasteiger partial charge in [-0.25, -0.2) is 0 Å². The zero-order chi connectivity index (χ0) is 13.2. The molecule has 0 atom stereocenters. The molecule has 0 saturated carbocycles. The van der Waals surface area contributed by atoms with E-state index in [0.29, 0.717) is 5.56 Å². The van der Waals surface area contributed by atoms with Crippen molar-refractivity contribution in [2.24, 2.45) is 5.73 Å². The van der Waals surface area contributed by atoms with Gasteiger partial charge in [-0.15, -0.1) is 0 Å². The molecule has 0 aromatic heterocycles. The zero-order valence-corrected chi connectivity index (χ0v) is 10.3. The SMILES string of the molecule is CC(C)(C)c1cc(C(N)=O)ccc1CC(=O)O. The average molecular weight is 235 g/mol. The molecule has 1 aromatic carbocycles. The Morgan fingerprint density at radius 1 is 1.29 bits per heavy atom. The summed E-state index contributed by atoms with van der Waals surface area (Å²) in [5, 5.41) is 8.84. The summed E-state index contributed by atoms with van der Waals surface area (Å²) >= 11 is 0. The van der Waals surface area contributed by atoms with E-state index in [0.717, 1.165) is 11.1 Å². The zero-order valence-electron chi connectivity index (χ0n) is 10.3. The van der Waals surface area contributed by atoms with E-state index in [2.05, 4.69) is 0 Å². The third-order valence-corrected chi connectivity index (χ3v) is 2.54. The Bertz CT molecular complexity index is 458. The van der Waals surface area contributed by atoms with E-state index in [4.69, 9.17) is 10.8 Å². The van der Waals surface area contributed by atoms with Crippen LogP contribution in [0.5, 0.6) is 0 Å². The number of carbonyl (C=O) groups excluding carboxylic acids is 1. The van der Waals surface area contributed by atoms with Crippen LogP contribution in [0.4, 0.5) is 0 Å². The molecule has 0 aliphatic heterocycles. The van der Waals surface area contributed by atoms with E-state index in [1.54, 1.807) is 18.2 Å². The number of primary amides is 1. The minimum absolute atomic E-state index is 0.0500. The van der Waals surface area contributed by atoms with Gasteiger partial charge in [0.1, 0.15) is 0 Å². The Morgan fingerprint density at radius 2 is 1.88 bits per heavy atom. The van der Waals surface area contributed by atoms with Gasteiger partial charge in [0.2, 0.25) is 5.91 Å². The Labute approximate surface area is 100 Å². The summed E-state index contributed by atoms with van der Waals surface area (Å²) in [6, 6.07) is 4.91. The number of aliphatic carboxylic acids is 1.